The maximum atomic E-state index is 10.3. The van der Waals surface area contributed by atoms with E-state index in [4.69, 9.17) is 14.7 Å². The van der Waals surface area contributed by atoms with Crippen LogP contribution in [-0.4, -0.2) is 14.7 Å². The summed E-state index contributed by atoms with van der Waals surface area (Å²) in [5.74, 6) is 0. The van der Waals surface area contributed by atoms with Crippen molar-refractivity contribution < 1.29 is 37.0 Å². The zero-order valence-electron chi connectivity index (χ0n) is 6.72. The molecule has 0 aliphatic heterocycles. The van der Waals surface area contributed by atoms with Crippen molar-refractivity contribution in [1.82, 2.24) is 0 Å². The van der Waals surface area contributed by atoms with Crippen molar-refractivity contribution in [3.8, 4) is 0 Å². The summed E-state index contributed by atoms with van der Waals surface area (Å²) in [6.45, 7) is 4.00. The van der Waals surface area contributed by atoms with E-state index in [2.05, 4.69) is 8.62 Å². The number of rotatable bonds is 4. The number of hydrogen-bond acceptors (Lipinski definition) is 5. The second kappa shape index (κ2) is 7.62. The molecule has 0 aromatic heterocycles. The summed E-state index contributed by atoms with van der Waals surface area (Å²) in [6.07, 6.45) is 0. The first-order valence-electron chi connectivity index (χ1n) is 2.88. The molecule has 11 heteroatoms. The van der Waals surface area contributed by atoms with E-state index in [-0.39, 0.29) is 0 Å². The maximum absolute atomic E-state index is 10.3. The Labute approximate surface area is 76.0 Å². The minimum absolute atomic E-state index is 2.00. The van der Waals surface area contributed by atoms with Crippen LogP contribution < -0.4 is 0 Å². The van der Waals surface area contributed by atoms with Gasteiger partial charge in [-0.05, 0) is 0 Å². The van der Waals surface area contributed by atoms with Crippen LogP contribution in [0.2, 0.25) is 0 Å². The van der Waals surface area contributed by atoms with Crippen LogP contribution in [0.15, 0.2) is 0 Å². The molecule has 2 unspecified atom stereocenters. The highest BCUT2D eigenvalue weighted by molar-refractivity contribution is 7.60. The Morgan fingerprint density at radius 1 is 1.08 bits per heavy atom. The summed E-state index contributed by atoms with van der Waals surface area (Å²) in [5.41, 5.74) is 0. The van der Waals surface area contributed by atoms with Crippen molar-refractivity contribution in [2.75, 3.05) is 0 Å². The van der Waals surface area contributed by atoms with Gasteiger partial charge in [-0.2, -0.15) is 0 Å². The molecule has 0 fully saturated rings. The largest absolute Gasteiger partial charge is 0.705 e. The molecule has 0 aliphatic rings. The molecule has 0 aromatic carbocycles. The highest BCUT2D eigenvalue weighted by atomic mass is 31.3. The highest BCUT2D eigenvalue weighted by Crippen LogP contribution is 2.55. The van der Waals surface area contributed by atoms with E-state index < -0.39 is 24.3 Å². The van der Waals surface area contributed by atoms with Crippen LogP contribution >= 0.6 is 24.3 Å². The van der Waals surface area contributed by atoms with Gasteiger partial charge in [-0.3, -0.25) is 4.89 Å². The van der Waals surface area contributed by atoms with E-state index >= 15 is 0 Å². The van der Waals surface area contributed by atoms with Gasteiger partial charge in [-0.1, -0.05) is 13.8 Å². The van der Waals surface area contributed by atoms with E-state index in [1.807, 2.05) is 13.8 Å². The van der Waals surface area contributed by atoms with E-state index in [0.29, 0.717) is 0 Å². The summed E-state index contributed by atoms with van der Waals surface area (Å²) in [5, 5.41) is 0. The van der Waals surface area contributed by atoms with Crippen molar-refractivity contribution in [3.63, 3.8) is 0 Å². The molecule has 8 nitrogen and oxygen atoms in total. The minimum Gasteiger partial charge on any atom is -0.297 e. The fourth-order valence-corrected chi connectivity index (χ4v) is 1.99. The van der Waals surface area contributed by atoms with Gasteiger partial charge in [-0.25, -0.2) is 4.57 Å². The Morgan fingerprint density at radius 3 is 1.46 bits per heavy atom. The fraction of sp³-hybridized carbons (Fsp3) is 1.00. The lowest BCUT2D eigenvalue weighted by Gasteiger charge is -1.88. The second-order valence-corrected chi connectivity index (χ2v) is 4.30. The van der Waals surface area contributed by atoms with Gasteiger partial charge in [-0.15, -0.1) is 9.79 Å². The fourth-order valence-electron chi connectivity index (χ4n) is 0.191. The van der Waals surface area contributed by atoms with Crippen molar-refractivity contribution >= 4 is 24.3 Å². The molecule has 0 spiro atoms. The molecule has 0 radical (unpaired) electrons. The van der Waals surface area contributed by atoms with E-state index in [0.717, 1.165) is 0 Å². The summed E-state index contributed by atoms with van der Waals surface area (Å²) in [6, 6.07) is 0. The molecule has 0 aromatic rings. The standard InChI is InChI=1S/C2H6.HO8P3/c1-2;1-9(2)7-11(5,6)8-10(3)4/h1-2H3;(H-2,1,2,3,4,5,6)/p+2. The van der Waals surface area contributed by atoms with Gasteiger partial charge in [0, 0.05) is 17.8 Å². The molecular weight excluding hydrogens is 245 g/mol. The molecule has 0 rings (SSSR count). The van der Waals surface area contributed by atoms with Crippen molar-refractivity contribution in [2.45, 2.75) is 13.8 Å². The maximum Gasteiger partial charge on any atom is 0.705 e. The molecule has 3 N–H and O–H groups in total. The van der Waals surface area contributed by atoms with Crippen molar-refractivity contribution in [1.29, 1.82) is 0 Å². The van der Waals surface area contributed by atoms with Crippen molar-refractivity contribution in [3.05, 3.63) is 0 Å². The van der Waals surface area contributed by atoms with Gasteiger partial charge in [0.25, 0.3) is 0 Å². The van der Waals surface area contributed by atoms with Crippen LogP contribution in [0.5, 0.6) is 0 Å². The quantitative estimate of drug-likeness (QED) is 0.642. The van der Waals surface area contributed by atoms with Crippen LogP contribution in [0.25, 0.3) is 0 Å². The number of hydrogen-bond donors (Lipinski definition) is 3. The van der Waals surface area contributed by atoms with Gasteiger partial charge in [0.1, 0.15) is 0 Å². The van der Waals surface area contributed by atoms with Crippen LogP contribution in [0.1, 0.15) is 13.8 Å². The average molecular weight is 254 g/mol. The zero-order valence-corrected chi connectivity index (χ0v) is 9.41. The van der Waals surface area contributed by atoms with Gasteiger partial charge in [0.15, 0.2) is 0 Å². The number of phosphoric acid groups is 1. The average Bonchev–Trinajstić information content (AvgIpc) is 1.85. The molecule has 0 heterocycles. The molecule has 0 amide bonds. The normalized spacial score (nSPS) is 16.4. The van der Waals surface area contributed by atoms with Gasteiger partial charge in [0.05, 0.1) is 0 Å². The van der Waals surface area contributed by atoms with Crippen LogP contribution in [0.3, 0.4) is 0 Å². The highest BCUT2D eigenvalue weighted by Gasteiger charge is 2.43. The summed E-state index contributed by atoms with van der Waals surface area (Å²) in [4.78, 5) is 24.1. The Bertz CT molecular complexity index is 203. The predicted octanol–water partition coefficient (Wildman–Crippen LogP) is 1.45. The zero-order chi connectivity index (χ0) is 11.1. The van der Waals surface area contributed by atoms with Gasteiger partial charge in [0.2, 0.25) is 0 Å². The molecular formula is C2H9O8P3+2. The minimum atomic E-state index is -4.87. The first-order valence-corrected chi connectivity index (χ1v) is 6.63. The Balaban J connectivity index is 0. The predicted molar refractivity (Wildman–Crippen MR) is 43.0 cm³/mol. The van der Waals surface area contributed by atoms with Crippen molar-refractivity contribution in [2.24, 2.45) is 0 Å². The molecule has 0 aliphatic carbocycles. The SMILES string of the molecule is CC.O=[P+](O)OP(=O)(O)O[P+](=O)O. The van der Waals surface area contributed by atoms with Gasteiger partial charge < -0.3 is 0 Å². The van der Waals surface area contributed by atoms with Crippen LogP contribution in [-0.2, 0) is 22.3 Å². The lowest BCUT2D eigenvalue weighted by Crippen LogP contribution is -1.81. The summed E-state index contributed by atoms with van der Waals surface area (Å²) in [7, 11) is -11.6. The third-order valence-corrected chi connectivity index (χ3v) is 3.11. The topological polar surface area (TPSA) is 130 Å². The molecule has 13 heavy (non-hydrogen) atoms. The smallest absolute Gasteiger partial charge is 0.297 e. The molecule has 0 saturated carbocycles. The summed E-state index contributed by atoms with van der Waals surface area (Å²) >= 11 is 0. The monoisotopic (exact) mass is 254 g/mol. The van der Waals surface area contributed by atoms with Gasteiger partial charge >= 0.3 is 24.3 Å². The summed E-state index contributed by atoms with van der Waals surface area (Å²) < 4.78 is 36.4. The lowest BCUT2D eigenvalue weighted by atomic mass is 11.0. The van der Waals surface area contributed by atoms with Crippen LogP contribution in [0, 0.1) is 0 Å². The van der Waals surface area contributed by atoms with E-state index in [1.54, 1.807) is 0 Å². The third kappa shape index (κ3) is 12.2. The Kier molecular flexibility index (Phi) is 9.19. The second-order valence-electron chi connectivity index (χ2n) is 1.11. The first kappa shape index (κ1) is 15.7. The molecule has 2 atom stereocenters. The Hall–Kier alpha value is 0.230. The van der Waals surface area contributed by atoms with E-state index in [1.165, 1.54) is 0 Å². The first-order chi connectivity index (χ1) is 5.83. The van der Waals surface area contributed by atoms with E-state index in [9.17, 15) is 13.7 Å². The lowest BCUT2D eigenvalue weighted by molar-refractivity contribution is 0.271. The third-order valence-electron chi connectivity index (χ3n) is 0.346. The molecule has 0 bridgehead atoms. The van der Waals surface area contributed by atoms with Crippen LogP contribution in [0.4, 0.5) is 0 Å². The Morgan fingerprint density at radius 2 is 1.31 bits per heavy atom. The molecule has 78 valence electrons. The molecule has 0 saturated heterocycles.